The van der Waals surface area contributed by atoms with Crippen LogP contribution in [0.5, 0.6) is 0 Å². The summed E-state index contributed by atoms with van der Waals surface area (Å²) in [7, 11) is 0. The van der Waals surface area contributed by atoms with Gasteiger partial charge in [-0.2, -0.15) is 5.26 Å². The van der Waals surface area contributed by atoms with E-state index in [-0.39, 0.29) is 23.8 Å². The molecule has 6 heteroatoms. The Kier molecular flexibility index (Phi) is 2.93. The van der Waals surface area contributed by atoms with Gasteiger partial charge in [0, 0.05) is 31.7 Å². The highest BCUT2D eigenvalue weighted by atomic mass is 16.6. The van der Waals surface area contributed by atoms with Crippen molar-refractivity contribution in [1.82, 2.24) is 0 Å². The van der Waals surface area contributed by atoms with Gasteiger partial charge in [-0.05, 0) is 12.1 Å². The Labute approximate surface area is 97.8 Å². The van der Waals surface area contributed by atoms with Gasteiger partial charge in [0.15, 0.2) is 0 Å². The molecule has 1 aromatic carbocycles. The molecule has 1 aliphatic heterocycles. The highest BCUT2D eigenvalue weighted by molar-refractivity contribution is 5.66. The monoisotopic (exact) mass is 233 g/mol. The molecule has 0 amide bonds. The number of hydrogen-bond acceptors (Lipinski definition) is 5. The highest BCUT2D eigenvalue weighted by Gasteiger charge is 2.30. The standard InChI is InChI=1S/C11H11N3O3/c12-4-8-1-2-10(11(3-8)14(16)17)13-5-9(6-13)7-15/h1-3,9,15H,5-7H2. The van der Waals surface area contributed by atoms with Crippen molar-refractivity contribution in [2.75, 3.05) is 24.6 Å². The molecule has 1 aliphatic rings. The molecule has 1 fully saturated rings. The number of hydrogen-bond donors (Lipinski definition) is 1. The van der Waals surface area contributed by atoms with Gasteiger partial charge in [0.2, 0.25) is 0 Å². The first kappa shape index (κ1) is 11.4. The van der Waals surface area contributed by atoms with E-state index in [9.17, 15) is 10.1 Å². The number of aliphatic hydroxyl groups excluding tert-OH is 1. The van der Waals surface area contributed by atoms with Gasteiger partial charge in [-0.25, -0.2) is 0 Å². The highest BCUT2D eigenvalue weighted by Crippen LogP contribution is 2.33. The van der Waals surface area contributed by atoms with Crippen LogP contribution in [-0.4, -0.2) is 29.7 Å². The smallest absolute Gasteiger partial charge is 0.293 e. The fraction of sp³-hybridized carbons (Fsp3) is 0.364. The van der Waals surface area contributed by atoms with E-state index in [2.05, 4.69) is 0 Å². The van der Waals surface area contributed by atoms with E-state index in [1.54, 1.807) is 12.1 Å². The van der Waals surface area contributed by atoms with E-state index in [1.807, 2.05) is 11.0 Å². The summed E-state index contributed by atoms with van der Waals surface area (Å²) < 4.78 is 0. The quantitative estimate of drug-likeness (QED) is 0.618. The Morgan fingerprint density at radius 3 is 2.82 bits per heavy atom. The van der Waals surface area contributed by atoms with E-state index in [0.717, 1.165) is 0 Å². The molecule has 0 unspecified atom stereocenters. The van der Waals surface area contributed by atoms with Crippen LogP contribution in [0.15, 0.2) is 18.2 Å². The third-order valence-electron chi connectivity index (χ3n) is 2.86. The van der Waals surface area contributed by atoms with Gasteiger partial charge in [0.05, 0.1) is 16.6 Å². The average Bonchev–Trinajstić information content (AvgIpc) is 2.27. The van der Waals surface area contributed by atoms with Crippen molar-refractivity contribution >= 4 is 11.4 Å². The molecule has 0 aromatic heterocycles. The molecule has 1 saturated heterocycles. The van der Waals surface area contributed by atoms with Crippen LogP contribution in [0.4, 0.5) is 11.4 Å². The summed E-state index contributed by atoms with van der Waals surface area (Å²) in [6.07, 6.45) is 0. The first-order valence-corrected chi connectivity index (χ1v) is 5.20. The molecule has 1 heterocycles. The van der Waals surface area contributed by atoms with Gasteiger partial charge < -0.3 is 10.0 Å². The van der Waals surface area contributed by atoms with E-state index < -0.39 is 4.92 Å². The normalized spacial score (nSPS) is 15.2. The largest absolute Gasteiger partial charge is 0.396 e. The van der Waals surface area contributed by atoms with E-state index >= 15 is 0 Å². The lowest BCUT2D eigenvalue weighted by atomic mass is 9.99. The SMILES string of the molecule is N#Cc1ccc(N2CC(CO)C2)c([N+](=O)[O-])c1. The molecule has 1 aromatic rings. The summed E-state index contributed by atoms with van der Waals surface area (Å²) in [5.41, 5.74) is 0.735. The van der Waals surface area contributed by atoms with Crippen LogP contribution >= 0.6 is 0 Å². The summed E-state index contributed by atoms with van der Waals surface area (Å²) in [6, 6.07) is 6.31. The van der Waals surface area contributed by atoms with Crippen LogP contribution in [0, 0.1) is 27.4 Å². The van der Waals surface area contributed by atoms with Gasteiger partial charge in [0.25, 0.3) is 5.69 Å². The zero-order chi connectivity index (χ0) is 12.4. The van der Waals surface area contributed by atoms with Crippen molar-refractivity contribution < 1.29 is 10.0 Å². The maximum Gasteiger partial charge on any atom is 0.293 e. The number of nitrogens with zero attached hydrogens (tertiary/aromatic N) is 3. The first-order valence-electron chi connectivity index (χ1n) is 5.20. The second kappa shape index (κ2) is 4.39. The molecular weight excluding hydrogens is 222 g/mol. The molecule has 0 bridgehead atoms. The van der Waals surface area contributed by atoms with Gasteiger partial charge >= 0.3 is 0 Å². The molecule has 0 saturated carbocycles. The Hall–Kier alpha value is -2.13. The number of benzene rings is 1. The van der Waals surface area contributed by atoms with Crippen LogP contribution in [0.25, 0.3) is 0 Å². The maximum atomic E-state index is 10.9. The molecule has 0 aliphatic carbocycles. The third kappa shape index (κ3) is 2.05. The van der Waals surface area contributed by atoms with Gasteiger partial charge in [-0.3, -0.25) is 10.1 Å². The third-order valence-corrected chi connectivity index (χ3v) is 2.86. The molecule has 2 rings (SSSR count). The molecule has 17 heavy (non-hydrogen) atoms. The number of rotatable bonds is 3. The summed E-state index contributed by atoms with van der Waals surface area (Å²) in [5, 5.41) is 28.5. The summed E-state index contributed by atoms with van der Waals surface area (Å²) in [6.45, 7) is 1.33. The van der Waals surface area contributed by atoms with Crippen molar-refractivity contribution in [2.24, 2.45) is 5.92 Å². The molecule has 0 radical (unpaired) electrons. The number of aliphatic hydroxyl groups is 1. The number of nitro groups is 1. The van der Waals surface area contributed by atoms with Crippen molar-refractivity contribution in [1.29, 1.82) is 5.26 Å². The van der Waals surface area contributed by atoms with Crippen molar-refractivity contribution in [2.45, 2.75) is 0 Å². The molecule has 0 atom stereocenters. The molecule has 6 nitrogen and oxygen atoms in total. The van der Waals surface area contributed by atoms with E-state index in [4.69, 9.17) is 10.4 Å². The number of nitriles is 1. The second-order valence-corrected chi connectivity index (χ2v) is 4.03. The topological polar surface area (TPSA) is 90.4 Å². The Morgan fingerprint density at radius 1 is 1.59 bits per heavy atom. The Bertz CT molecular complexity index is 489. The van der Waals surface area contributed by atoms with E-state index in [1.165, 1.54) is 6.07 Å². The van der Waals surface area contributed by atoms with Crippen LogP contribution < -0.4 is 4.90 Å². The van der Waals surface area contributed by atoms with Crippen LogP contribution in [0.3, 0.4) is 0 Å². The molecular formula is C11H11N3O3. The lowest BCUT2D eigenvalue weighted by molar-refractivity contribution is -0.384. The summed E-state index contributed by atoms with van der Waals surface area (Å²) >= 11 is 0. The van der Waals surface area contributed by atoms with E-state index in [0.29, 0.717) is 18.8 Å². The van der Waals surface area contributed by atoms with Crippen LogP contribution in [0.1, 0.15) is 5.56 Å². The minimum absolute atomic E-state index is 0.0551. The molecule has 88 valence electrons. The van der Waals surface area contributed by atoms with Crippen molar-refractivity contribution in [3.8, 4) is 6.07 Å². The zero-order valence-corrected chi connectivity index (χ0v) is 9.04. The fourth-order valence-electron chi connectivity index (χ4n) is 1.89. The average molecular weight is 233 g/mol. The van der Waals surface area contributed by atoms with Crippen LogP contribution in [0.2, 0.25) is 0 Å². The predicted molar refractivity (Wildman–Crippen MR) is 60.6 cm³/mol. The van der Waals surface area contributed by atoms with Gasteiger partial charge in [-0.1, -0.05) is 0 Å². The minimum Gasteiger partial charge on any atom is -0.396 e. The molecule has 1 N–H and O–H groups in total. The minimum atomic E-state index is -0.484. The zero-order valence-electron chi connectivity index (χ0n) is 9.04. The summed E-state index contributed by atoms with van der Waals surface area (Å²) in [5.74, 6) is 0.185. The lowest BCUT2D eigenvalue weighted by Crippen LogP contribution is -2.48. The fourth-order valence-corrected chi connectivity index (χ4v) is 1.89. The van der Waals surface area contributed by atoms with Crippen molar-refractivity contribution in [3.05, 3.63) is 33.9 Å². The second-order valence-electron chi connectivity index (χ2n) is 4.03. The van der Waals surface area contributed by atoms with Gasteiger partial charge in [0.1, 0.15) is 5.69 Å². The predicted octanol–water partition coefficient (Wildman–Crippen LogP) is 0.895. The van der Waals surface area contributed by atoms with Gasteiger partial charge in [-0.15, -0.1) is 0 Å². The number of anilines is 1. The maximum absolute atomic E-state index is 10.9. The Morgan fingerprint density at radius 2 is 2.29 bits per heavy atom. The lowest BCUT2D eigenvalue weighted by Gasteiger charge is -2.39. The van der Waals surface area contributed by atoms with Crippen LogP contribution in [-0.2, 0) is 0 Å². The Balaban J connectivity index is 2.29. The summed E-state index contributed by atoms with van der Waals surface area (Å²) in [4.78, 5) is 12.3. The first-order chi connectivity index (χ1) is 8.15. The van der Waals surface area contributed by atoms with Crippen molar-refractivity contribution in [3.63, 3.8) is 0 Å². The molecule has 0 spiro atoms. The number of nitro benzene ring substituents is 1.